The van der Waals surface area contributed by atoms with Crippen LogP contribution in [0, 0.1) is 0 Å². The van der Waals surface area contributed by atoms with Crippen molar-refractivity contribution < 1.29 is 4.57 Å². The molecule has 0 N–H and O–H groups in total. The Kier molecular flexibility index (Phi) is 6.58. The van der Waals surface area contributed by atoms with Crippen molar-refractivity contribution in [3.05, 3.63) is 158 Å². The summed E-state index contributed by atoms with van der Waals surface area (Å²) >= 11 is 1.79. The lowest BCUT2D eigenvalue weighted by molar-refractivity contribution is -0.596. The molecule has 47 heavy (non-hydrogen) atoms. The summed E-state index contributed by atoms with van der Waals surface area (Å²) in [5.41, 5.74) is 5.04. The molecule has 9 rings (SSSR count). The number of pyridine rings is 2. The summed E-state index contributed by atoms with van der Waals surface area (Å²) in [6.07, 6.45) is 6.19. The van der Waals surface area contributed by atoms with Gasteiger partial charge < -0.3 is 0 Å². The van der Waals surface area contributed by atoms with E-state index in [0.29, 0.717) is 17.5 Å². The van der Waals surface area contributed by atoms with Crippen LogP contribution < -0.4 is 4.57 Å². The second-order valence-corrected chi connectivity index (χ2v) is 12.5. The highest BCUT2D eigenvalue weighted by atomic mass is 32.1. The molecule has 4 aromatic heterocycles. The molecule has 0 aliphatic heterocycles. The summed E-state index contributed by atoms with van der Waals surface area (Å²) in [7, 11) is 0. The molecular weight excluding hydrogens is 595 g/mol. The van der Waals surface area contributed by atoms with Gasteiger partial charge in [-0.05, 0) is 51.8 Å². The molecule has 4 heterocycles. The van der Waals surface area contributed by atoms with Crippen molar-refractivity contribution in [1.82, 2.24) is 19.9 Å². The summed E-state index contributed by atoms with van der Waals surface area (Å²) in [4.78, 5) is 19.5. The standard InChI is InChI=1S/C41H26N5S/c1-3-10-28(11-4-1)38-43-39(29-12-5-2-6-13-29)45-40(44-38)32-15-9-14-30(24-32)31-19-18-27-21-23-46(26-33(27)25-31)41-37-35(20-22-42-41)34-16-7-8-17-36(34)47-37/h1-26H/q+1. The van der Waals surface area contributed by atoms with E-state index in [1.807, 2.05) is 66.9 Å². The molecule has 0 saturated carbocycles. The lowest BCUT2D eigenvalue weighted by Crippen LogP contribution is -2.30. The number of aromatic nitrogens is 5. The average Bonchev–Trinajstić information content (AvgIpc) is 3.54. The highest BCUT2D eigenvalue weighted by Crippen LogP contribution is 2.35. The normalized spacial score (nSPS) is 11.4. The summed E-state index contributed by atoms with van der Waals surface area (Å²) in [5.74, 6) is 2.88. The van der Waals surface area contributed by atoms with Crippen molar-refractivity contribution >= 4 is 42.3 Å². The van der Waals surface area contributed by atoms with Crippen LogP contribution in [0.4, 0.5) is 0 Å². The monoisotopic (exact) mass is 620 g/mol. The zero-order valence-electron chi connectivity index (χ0n) is 25.2. The van der Waals surface area contributed by atoms with Crippen molar-refractivity contribution in [2.24, 2.45) is 0 Å². The quantitative estimate of drug-likeness (QED) is 0.180. The van der Waals surface area contributed by atoms with Crippen LogP contribution in [0.2, 0.25) is 0 Å². The first kappa shape index (κ1) is 27.2. The maximum absolute atomic E-state index is 4.94. The second kappa shape index (κ2) is 11.4. The van der Waals surface area contributed by atoms with Crippen LogP contribution in [0.1, 0.15) is 0 Å². The van der Waals surface area contributed by atoms with Gasteiger partial charge in [0.05, 0.1) is 6.20 Å². The highest BCUT2D eigenvalue weighted by molar-refractivity contribution is 7.26. The third kappa shape index (κ3) is 5.01. The summed E-state index contributed by atoms with van der Waals surface area (Å²) in [5, 5.41) is 4.80. The minimum Gasteiger partial charge on any atom is -0.208 e. The van der Waals surface area contributed by atoms with Gasteiger partial charge in [0.25, 0.3) is 0 Å². The van der Waals surface area contributed by atoms with Crippen LogP contribution in [0.3, 0.4) is 0 Å². The van der Waals surface area contributed by atoms with E-state index in [1.54, 1.807) is 11.3 Å². The van der Waals surface area contributed by atoms with Gasteiger partial charge in [-0.3, -0.25) is 0 Å². The van der Waals surface area contributed by atoms with Crippen molar-refractivity contribution in [3.8, 4) is 51.1 Å². The van der Waals surface area contributed by atoms with Gasteiger partial charge in [-0.1, -0.05) is 109 Å². The van der Waals surface area contributed by atoms with Crippen molar-refractivity contribution in [3.63, 3.8) is 0 Å². The maximum atomic E-state index is 4.94. The van der Waals surface area contributed by atoms with Gasteiger partial charge in [-0.2, -0.15) is 0 Å². The van der Waals surface area contributed by atoms with Crippen LogP contribution in [-0.4, -0.2) is 19.9 Å². The Bertz CT molecular complexity index is 2520. The fourth-order valence-electron chi connectivity index (χ4n) is 6.10. The fraction of sp³-hybridized carbons (Fsp3) is 0. The van der Waals surface area contributed by atoms with E-state index in [9.17, 15) is 0 Å². The van der Waals surface area contributed by atoms with Gasteiger partial charge in [0.2, 0.25) is 0 Å². The van der Waals surface area contributed by atoms with Gasteiger partial charge in [-0.15, -0.1) is 11.3 Å². The molecule has 0 aliphatic carbocycles. The molecule has 0 spiro atoms. The highest BCUT2D eigenvalue weighted by Gasteiger charge is 2.18. The molecule has 0 amide bonds. The third-order valence-corrected chi connectivity index (χ3v) is 9.64. The van der Waals surface area contributed by atoms with Crippen LogP contribution >= 0.6 is 11.3 Å². The van der Waals surface area contributed by atoms with Crippen molar-refractivity contribution in [1.29, 1.82) is 0 Å². The lowest BCUT2D eigenvalue weighted by atomic mass is 10.00. The van der Waals surface area contributed by atoms with E-state index < -0.39 is 0 Å². The molecule has 6 heteroatoms. The van der Waals surface area contributed by atoms with Crippen LogP contribution in [-0.2, 0) is 0 Å². The van der Waals surface area contributed by atoms with Gasteiger partial charge in [0, 0.05) is 37.5 Å². The van der Waals surface area contributed by atoms with Crippen LogP contribution in [0.15, 0.2) is 158 Å². The molecule has 0 unspecified atom stereocenters. The molecule has 0 saturated heterocycles. The summed E-state index contributed by atoms with van der Waals surface area (Å²) < 4.78 is 4.59. The number of benzene rings is 5. The number of fused-ring (bicyclic) bond motifs is 4. The first-order valence-corrected chi connectivity index (χ1v) is 16.3. The van der Waals surface area contributed by atoms with E-state index in [2.05, 4.69) is 95.8 Å². The Morgan fingerprint density at radius 1 is 0.468 bits per heavy atom. The predicted octanol–water partition coefficient (Wildman–Crippen LogP) is 9.73. The minimum atomic E-state index is 0.640. The minimum absolute atomic E-state index is 0.640. The Morgan fingerprint density at radius 2 is 1.11 bits per heavy atom. The Morgan fingerprint density at radius 3 is 1.87 bits per heavy atom. The molecule has 0 aliphatic rings. The predicted molar refractivity (Wildman–Crippen MR) is 191 cm³/mol. The number of nitrogens with zero attached hydrogens (tertiary/aromatic N) is 5. The summed E-state index contributed by atoms with van der Waals surface area (Å²) in [6.45, 7) is 0. The molecule has 0 fully saturated rings. The molecule has 5 nitrogen and oxygen atoms in total. The van der Waals surface area contributed by atoms with E-state index in [-0.39, 0.29) is 0 Å². The van der Waals surface area contributed by atoms with E-state index in [0.717, 1.165) is 39.0 Å². The number of hydrogen-bond acceptors (Lipinski definition) is 5. The topological polar surface area (TPSA) is 55.4 Å². The number of thiophene rings is 1. The van der Waals surface area contributed by atoms with Gasteiger partial charge in [0.1, 0.15) is 17.1 Å². The zero-order valence-corrected chi connectivity index (χ0v) is 26.0. The Balaban J connectivity index is 1.13. The van der Waals surface area contributed by atoms with Crippen LogP contribution in [0.5, 0.6) is 0 Å². The van der Waals surface area contributed by atoms with Crippen molar-refractivity contribution in [2.45, 2.75) is 0 Å². The lowest BCUT2D eigenvalue weighted by Gasteiger charge is -2.10. The van der Waals surface area contributed by atoms with Crippen LogP contribution in [0.25, 0.3) is 82.1 Å². The Labute approximate surface area is 275 Å². The summed E-state index contributed by atoms with van der Waals surface area (Å²) in [6, 6.07) is 48.0. The molecule has 5 aromatic carbocycles. The maximum Gasteiger partial charge on any atom is 0.345 e. The van der Waals surface area contributed by atoms with E-state index in [1.165, 1.54) is 25.6 Å². The second-order valence-electron chi connectivity index (χ2n) is 11.4. The van der Waals surface area contributed by atoms with Gasteiger partial charge >= 0.3 is 5.82 Å². The van der Waals surface area contributed by atoms with Gasteiger partial charge in [0.15, 0.2) is 17.5 Å². The molecule has 0 bridgehead atoms. The molecule has 9 aromatic rings. The average molecular weight is 621 g/mol. The first-order chi connectivity index (χ1) is 23.3. The smallest absolute Gasteiger partial charge is 0.208 e. The number of rotatable bonds is 5. The van der Waals surface area contributed by atoms with Gasteiger partial charge in [-0.25, -0.2) is 19.5 Å². The Hall–Kier alpha value is -6.11. The first-order valence-electron chi connectivity index (χ1n) is 15.5. The molecule has 0 radical (unpaired) electrons. The molecule has 0 atom stereocenters. The third-order valence-electron chi connectivity index (χ3n) is 8.45. The largest absolute Gasteiger partial charge is 0.345 e. The zero-order chi connectivity index (χ0) is 31.2. The fourth-order valence-corrected chi connectivity index (χ4v) is 7.29. The molecular formula is C41H26N5S+. The SMILES string of the molecule is c1ccc(-c2nc(-c3ccccc3)nc(-c3cccc(-c4ccc5cc[n+](-c6nccc7c6sc6ccccc67)cc5c4)c3)n2)cc1. The van der Waals surface area contributed by atoms with Crippen molar-refractivity contribution in [2.75, 3.05) is 0 Å². The van der Waals surface area contributed by atoms with E-state index in [4.69, 9.17) is 19.9 Å². The van der Waals surface area contributed by atoms with E-state index >= 15 is 0 Å². The molecule has 220 valence electrons. The number of hydrogen-bond donors (Lipinski definition) is 0.